The van der Waals surface area contributed by atoms with Gasteiger partial charge in [0.15, 0.2) is 0 Å². The molecule has 1 heterocycles. The molecule has 4 heteroatoms. The fraction of sp³-hybridized carbons (Fsp3) is 0.786. The third-order valence-corrected chi connectivity index (χ3v) is 3.20. The molecule has 0 aliphatic rings. The van der Waals surface area contributed by atoms with E-state index < -0.39 is 0 Å². The highest BCUT2D eigenvalue weighted by Crippen LogP contribution is 2.15. The van der Waals surface area contributed by atoms with Crippen LogP contribution in [0.4, 0.5) is 0 Å². The standard InChI is InChI=1S/C14H27N3O/c1-6-7-15-13(14(18-5)11(2)3)8-12-9-16-17(4)10-12/h9-11,13-15H,6-8H2,1-5H3. The molecule has 1 N–H and O–H groups in total. The Bertz CT molecular complexity index is 336. The Morgan fingerprint density at radius 1 is 1.44 bits per heavy atom. The molecule has 0 aliphatic carbocycles. The van der Waals surface area contributed by atoms with Crippen LogP contribution in [-0.4, -0.2) is 35.6 Å². The largest absolute Gasteiger partial charge is 0.380 e. The van der Waals surface area contributed by atoms with Crippen molar-refractivity contribution in [2.24, 2.45) is 13.0 Å². The third-order valence-electron chi connectivity index (χ3n) is 3.20. The van der Waals surface area contributed by atoms with Gasteiger partial charge >= 0.3 is 0 Å². The molecule has 0 saturated heterocycles. The van der Waals surface area contributed by atoms with E-state index in [0.717, 1.165) is 19.4 Å². The van der Waals surface area contributed by atoms with Gasteiger partial charge in [0.05, 0.1) is 12.3 Å². The number of aromatic nitrogens is 2. The molecule has 0 amide bonds. The van der Waals surface area contributed by atoms with E-state index >= 15 is 0 Å². The molecule has 0 saturated carbocycles. The van der Waals surface area contributed by atoms with Gasteiger partial charge in [-0.3, -0.25) is 4.68 Å². The summed E-state index contributed by atoms with van der Waals surface area (Å²) in [4.78, 5) is 0. The van der Waals surface area contributed by atoms with Crippen molar-refractivity contribution in [2.45, 2.75) is 45.8 Å². The molecule has 0 spiro atoms. The van der Waals surface area contributed by atoms with Gasteiger partial charge in [-0.05, 0) is 30.9 Å². The fourth-order valence-electron chi connectivity index (χ4n) is 2.37. The molecule has 1 aromatic rings. The maximum Gasteiger partial charge on any atom is 0.0750 e. The van der Waals surface area contributed by atoms with Crippen molar-refractivity contribution in [1.29, 1.82) is 0 Å². The van der Waals surface area contributed by atoms with Crippen LogP contribution in [0.5, 0.6) is 0 Å². The highest BCUT2D eigenvalue weighted by atomic mass is 16.5. The van der Waals surface area contributed by atoms with Crippen molar-refractivity contribution < 1.29 is 4.74 Å². The van der Waals surface area contributed by atoms with E-state index in [1.807, 2.05) is 17.9 Å². The van der Waals surface area contributed by atoms with E-state index in [2.05, 4.69) is 37.4 Å². The summed E-state index contributed by atoms with van der Waals surface area (Å²) in [5.41, 5.74) is 1.26. The quantitative estimate of drug-likeness (QED) is 0.770. The predicted octanol–water partition coefficient (Wildman–Crippen LogP) is 2.00. The minimum atomic E-state index is 0.233. The molecule has 2 unspecified atom stereocenters. The maximum atomic E-state index is 5.66. The average molecular weight is 253 g/mol. The topological polar surface area (TPSA) is 39.1 Å². The summed E-state index contributed by atoms with van der Waals surface area (Å²) in [5, 5.41) is 7.83. The number of rotatable bonds is 8. The van der Waals surface area contributed by atoms with Crippen LogP contribution >= 0.6 is 0 Å². The number of hydrogen-bond donors (Lipinski definition) is 1. The van der Waals surface area contributed by atoms with Crippen LogP contribution in [0.3, 0.4) is 0 Å². The predicted molar refractivity (Wildman–Crippen MR) is 74.6 cm³/mol. The first-order valence-electron chi connectivity index (χ1n) is 6.82. The molecule has 0 aromatic carbocycles. The van der Waals surface area contributed by atoms with Crippen LogP contribution in [0.25, 0.3) is 0 Å². The van der Waals surface area contributed by atoms with Gasteiger partial charge in [-0.15, -0.1) is 0 Å². The summed E-state index contributed by atoms with van der Waals surface area (Å²) in [5.74, 6) is 0.501. The number of methoxy groups -OCH3 is 1. The second kappa shape index (κ2) is 7.54. The van der Waals surface area contributed by atoms with Crippen molar-refractivity contribution in [1.82, 2.24) is 15.1 Å². The number of nitrogens with one attached hydrogen (secondary N) is 1. The number of nitrogens with zero attached hydrogens (tertiary/aromatic N) is 2. The molecular formula is C14H27N3O. The van der Waals surface area contributed by atoms with Gasteiger partial charge < -0.3 is 10.1 Å². The summed E-state index contributed by atoms with van der Waals surface area (Å²) in [7, 11) is 3.75. The van der Waals surface area contributed by atoms with Gasteiger partial charge in [-0.25, -0.2) is 0 Å². The molecule has 2 atom stereocenters. The summed E-state index contributed by atoms with van der Waals surface area (Å²) in [6.07, 6.45) is 6.35. The normalized spacial score (nSPS) is 15.0. The van der Waals surface area contributed by atoms with Crippen LogP contribution in [0.1, 0.15) is 32.8 Å². The van der Waals surface area contributed by atoms with E-state index in [9.17, 15) is 0 Å². The second-order valence-corrected chi connectivity index (χ2v) is 5.23. The Hall–Kier alpha value is -0.870. The van der Waals surface area contributed by atoms with Crippen molar-refractivity contribution >= 4 is 0 Å². The van der Waals surface area contributed by atoms with E-state index in [1.165, 1.54) is 5.56 Å². The highest BCUT2D eigenvalue weighted by Gasteiger charge is 2.24. The Kier molecular flexibility index (Phi) is 6.36. The summed E-state index contributed by atoms with van der Waals surface area (Å²) in [6.45, 7) is 7.62. The van der Waals surface area contributed by atoms with Crippen molar-refractivity contribution in [3.8, 4) is 0 Å². The maximum absolute atomic E-state index is 5.66. The Labute approximate surface area is 111 Å². The van der Waals surface area contributed by atoms with Gasteiger partial charge in [-0.1, -0.05) is 20.8 Å². The Morgan fingerprint density at radius 2 is 2.17 bits per heavy atom. The van der Waals surface area contributed by atoms with Crippen molar-refractivity contribution in [2.75, 3.05) is 13.7 Å². The molecule has 18 heavy (non-hydrogen) atoms. The monoisotopic (exact) mass is 253 g/mol. The molecule has 0 bridgehead atoms. The van der Waals surface area contributed by atoms with E-state index in [4.69, 9.17) is 4.74 Å². The molecular weight excluding hydrogens is 226 g/mol. The Balaban J connectivity index is 2.70. The SMILES string of the molecule is CCCNC(Cc1cnn(C)c1)C(OC)C(C)C. The van der Waals surface area contributed by atoms with Gasteiger partial charge in [0, 0.05) is 26.4 Å². The minimum Gasteiger partial charge on any atom is -0.380 e. The molecule has 104 valence electrons. The zero-order chi connectivity index (χ0) is 13.5. The van der Waals surface area contributed by atoms with Crippen LogP contribution in [0.15, 0.2) is 12.4 Å². The van der Waals surface area contributed by atoms with Crippen LogP contribution in [0.2, 0.25) is 0 Å². The van der Waals surface area contributed by atoms with E-state index in [1.54, 1.807) is 7.11 Å². The molecule has 0 aliphatic heterocycles. The van der Waals surface area contributed by atoms with Crippen molar-refractivity contribution in [3.05, 3.63) is 18.0 Å². The highest BCUT2D eigenvalue weighted by molar-refractivity contribution is 5.07. The number of ether oxygens (including phenoxy) is 1. The molecule has 1 aromatic heterocycles. The fourth-order valence-corrected chi connectivity index (χ4v) is 2.37. The van der Waals surface area contributed by atoms with Crippen LogP contribution in [-0.2, 0) is 18.2 Å². The Morgan fingerprint density at radius 3 is 2.61 bits per heavy atom. The van der Waals surface area contributed by atoms with Gasteiger partial charge in [0.2, 0.25) is 0 Å². The van der Waals surface area contributed by atoms with E-state index in [0.29, 0.717) is 12.0 Å². The first kappa shape index (κ1) is 15.2. The summed E-state index contributed by atoms with van der Waals surface area (Å²) < 4.78 is 7.51. The van der Waals surface area contributed by atoms with E-state index in [-0.39, 0.29) is 6.10 Å². The smallest absolute Gasteiger partial charge is 0.0750 e. The lowest BCUT2D eigenvalue weighted by molar-refractivity contribution is 0.0332. The van der Waals surface area contributed by atoms with Gasteiger partial charge in [0.25, 0.3) is 0 Å². The zero-order valence-corrected chi connectivity index (χ0v) is 12.3. The first-order chi connectivity index (χ1) is 8.58. The average Bonchev–Trinajstić information content (AvgIpc) is 2.72. The second-order valence-electron chi connectivity index (χ2n) is 5.23. The number of aryl methyl sites for hydroxylation is 1. The lowest BCUT2D eigenvalue weighted by atomic mass is 9.95. The van der Waals surface area contributed by atoms with Crippen LogP contribution in [0, 0.1) is 5.92 Å². The third kappa shape index (κ3) is 4.42. The first-order valence-corrected chi connectivity index (χ1v) is 6.82. The minimum absolute atomic E-state index is 0.233. The lowest BCUT2D eigenvalue weighted by Crippen LogP contribution is -2.45. The summed E-state index contributed by atoms with van der Waals surface area (Å²) >= 11 is 0. The number of hydrogen-bond acceptors (Lipinski definition) is 3. The summed E-state index contributed by atoms with van der Waals surface area (Å²) in [6, 6.07) is 0.346. The molecule has 1 rings (SSSR count). The lowest BCUT2D eigenvalue weighted by Gasteiger charge is -2.29. The zero-order valence-electron chi connectivity index (χ0n) is 12.3. The van der Waals surface area contributed by atoms with Gasteiger partial charge in [-0.2, -0.15) is 5.10 Å². The molecule has 4 nitrogen and oxygen atoms in total. The van der Waals surface area contributed by atoms with Crippen LogP contribution < -0.4 is 5.32 Å². The molecule has 0 fully saturated rings. The van der Waals surface area contributed by atoms with Crippen molar-refractivity contribution in [3.63, 3.8) is 0 Å². The van der Waals surface area contributed by atoms with Gasteiger partial charge in [0.1, 0.15) is 0 Å². The molecule has 0 radical (unpaired) electrons.